The first kappa shape index (κ1) is 9.39. The van der Waals surface area contributed by atoms with E-state index in [0.717, 1.165) is 15.9 Å². The van der Waals surface area contributed by atoms with E-state index in [-0.39, 0.29) is 0 Å². The number of H-pyrrole nitrogens is 1. The molecule has 0 saturated carbocycles. The molecule has 0 aliphatic heterocycles. The van der Waals surface area contributed by atoms with Crippen molar-refractivity contribution in [2.75, 3.05) is 0 Å². The van der Waals surface area contributed by atoms with Crippen molar-refractivity contribution < 1.29 is 0 Å². The molecule has 0 saturated heterocycles. The first-order chi connectivity index (χ1) is 5.54. The smallest absolute Gasteiger partial charge is 0.122 e. The Bertz CT molecular complexity index is 339. The van der Waals surface area contributed by atoms with E-state index >= 15 is 0 Å². The fourth-order valence-electron chi connectivity index (χ4n) is 1.20. The van der Waals surface area contributed by atoms with E-state index in [2.05, 4.69) is 31.0 Å². The molecular weight excluding hydrogens is 168 g/mol. The van der Waals surface area contributed by atoms with Gasteiger partial charge in [-0.25, -0.2) is 0 Å². The molecule has 0 aliphatic rings. The second-order valence-corrected chi connectivity index (χ2v) is 3.75. The zero-order chi connectivity index (χ0) is 9.30. The first-order valence-corrected chi connectivity index (χ1v) is 4.50. The van der Waals surface area contributed by atoms with Crippen LogP contribution in [0.2, 0.25) is 0 Å². The van der Waals surface area contributed by atoms with Gasteiger partial charge in [0.05, 0.1) is 5.69 Å². The summed E-state index contributed by atoms with van der Waals surface area (Å²) in [6.45, 7) is 8.36. The molecule has 0 amide bonds. The Hall–Kier alpha value is -0.700. The van der Waals surface area contributed by atoms with E-state index in [4.69, 9.17) is 12.2 Å². The monoisotopic (exact) mass is 182 g/mol. The lowest BCUT2D eigenvalue weighted by Crippen LogP contribution is -2.01. The normalized spacial score (nSPS) is 10.8. The molecule has 0 spiro atoms. The average molecular weight is 182 g/mol. The van der Waals surface area contributed by atoms with Crippen LogP contribution in [0.3, 0.4) is 0 Å². The highest BCUT2D eigenvalue weighted by Gasteiger charge is 2.07. The van der Waals surface area contributed by atoms with Gasteiger partial charge in [0, 0.05) is 0 Å². The van der Waals surface area contributed by atoms with Gasteiger partial charge in [-0.1, -0.05) is 26.1 Å². The summed E-state index contributed by atoms with van der Waals surface area (Å²) in [7, 11) is 0. The molecule has 1 rings (SSSR count). The van der Waals surface area contributed by atoms with Crippen molar-refractivity contribution in [1.82, 2.24) is 10.2 Å². The molecular formula is C9H14N2S. The molecule has 1 heterocycles. The Morgan fingerprint density at radius 3 is 2.33 bits per heavy atom. The Kier molecular flexibility index (Phi) is 2.62. The lowest BCUT2D eigenvalue weighted by Gasteiger charge is -2.09. The van der Waals surface area contributed by atoms with Gasteiger partial charge in [-0.2, -0.15) is 5.10 Å². The third-order valence-corrected chi connectivity index (χ3v) is 2.51. The zero-order valence-electron chi connectivity index (χ0n) is 7.93. The molecule has 0 aromatic carbocycles. The van der Waals surface area contributed by atoms with Crippen LogP contribution >= 0.6 is 12.2 Å². The fraction of sp³-hybridized carbons (Fsp3) is 0.556. The topological polar surface area (TPSA) is 28.7 Å². The standard InChI is InChI=1S/C9H14N2S/c1-5(2)8-6(3)7(4)9(12)11-10-8/h5H,1-4H3,(H,11,12). The third kappa shape index (κ3) is 1.55. The molecule has 0 bridgehead atoms. The average Bonchev–Trinajstić information content (AvgIpc) is 2.00. The first-order valence-electron chi connectivity index (χ1n) is 4.09. The quantitative estimate of drug-likeness (QED) is 0.676. The highest BCUT2D eigenvalue weighted by Crippen LogP contribution is 2.17. The zero-order valence-corrected chi connectivity index (χ0v) is 8.75. The highest BCUT2D eigenvalue weighted by molar-refractivity contribution is 7.71. The maximum atomic E-state index is 5.07. The SMILES string of the molecule is Cc1c(C(C)C)n[nH]c(=S)c1C. The summed E-state index contributed by atoms with van der Waals surface area (Å²) >= 11 is 5.07. The van der Waals surface area contributed by atoms with Gasteiger partial charge in [0.2, 0.25) is 0 Å². The highest BCUT2D eigenvalue weighted by atomic mass is 32.1. The summed E-state index contributed by atoms with van der Waals surface area (Å²) in [6, 6.07) is 0. The van der Waals surface area contributed by atoms with E-state index in [1.807, 2.05) is 6.92 Å². The Morgan fingerprint density at radius 1 is 1.25 bits per heavy atom. The lowest BCUT2D eigenvalue weighted by molar-refractivity contribution is 0.765. The minimum absolute atomic E-state index is 0.454. The number of aromatic amines is 1. The molecule has 3 heteroatoms. The summed E-state index contributed by atoms with van der Waals surface area (Å²) in [6.07, 6.45) is 0. The van der Waals surface area contributed by atoms with Gasteiger partial charge in [0.1, 0.15) is 4.64 Å². The van der Waals surface area contributed by atoms with E-state index in [0.29, 0.717) is 5.92 Å². The van der Waals surface area contributed by atoms with E-state index < -0.39 is 0 Å². The molecule has 0 aliphatic carbocycles. The number of hydrogen-bond acceptors (Lipinski definition) is 2. The molecule has 66 valence electrons. The van der Waals surface area contributed by atoms with Gasteiger partial charge in [-0.05, 0) is 30.9 Å². The van der Waals surface area contributed by atoms with Crippen molar-refractivity contribution in [3.05, 3.63) is 21.5 Å². The Labute approximate surface area is 78.0 Å². The summed E-state index contributed by atoms with van der Waals surface area (Å²) in [5.74, 6) is 0.454. The summed E-state index contributed by atoms with van der Waals surface area (Å²) < 4.78 is 0.747. The molecule has 2 nitrogen and oxygen atoms in total. The van der Waals surface area contributed by atoms with E-state index in [1.165, 1.54) is 5.56 Å². The molecule has 1 N–H and O–H groups in total. The fourth-order valence-corrected chi connectivity index (χ4v) is 1.40. The van der Waals surface area contributed by atoms with Crippen LogP contribution in [0.1, 0.15) is 36.6 Å². The predicted octanol–water partition coefficient (Wildman–Crippen LogP) is 2.88. The van der Waals surface area contributed by atoms with Crippen LogP contribution in [0.4, 0.5) is 0 Å². The van der Waals surface area contributed by atoms with Crippen LogP contribution in [-0.2, 0) is 0 Å². The van der Waals surface area contributed by atoms with Crippen molar-refractivity contribution in [2.24, 2.45) is 0 Å². The molecule has 0 unspecified atom stereocenters. The molecule has 0 fully saturated rings. The van der Waals surface area contributed by atoms with Crippen LogP contribution < -0.4 is 0 Å². The number of hydrogen-bond donors (Lipinski definition) is 1. The van der Waals surface area contributed by atoms with Crippen LogP contribution in [0.25, 0.3) is 0 Å². The summed E-state index contributed by atoms with van der Waals surface area (Å²) in [5.41, 5.74) is 3.47. The Morgan fingerprint density at radius 2 is 1.83 bits per heavy atom. The second-order valence-electron chi connectivity index (χ2n) is 3.34. The van der Waals surface area contributed by atoms with Gasteiger partial charge >= 0.3 is 0 Å². The molecule has 1 aromatic rings. The van der Waals surface area contributed by atoms with Gasteiger partial charge in [0.25, 0.3) is 0 Å². The van der Waals surface area contributed by atoms with Crippen molar-refractivity contribution in [1.29, 1.82) is 0 Å². The van der Waals surface area contributed by atoms with Crippen molar-refractivity contribution in [3.8, 4) is 0 Å². The van der Waals surface area contributed by atoms with E-state index in [9.17, 15) is 0 Å². The third-order valence-electron chi connectivity index (χ3n) is 2.11. The van der Waals surface area contributed by atoms with Gasteiger partial charge in [0.15, 0.2) is 0 Å². The number of rotatable bonds is 1. The predicted molar refractivity (Wildman–Crippen MR) is 53.0 cm³/mol. The van der Waals surface area contributed by atoms with Crippen molar-refractivity contribution in [3.63, 3.8) is 0 Å². The van der Waals surface area contributed by atoms with Crippen molar-refractivity contribution in [2.45, 2.75) is 33.6 Å². The van der Waals surface area contributed by atoms with Crippen molar-refractivity contribution >= 4 is 12.2 Å². The number of aromatic nitrogens is 2. The van der Waals surface area contributed by atoms with Crippen LogP contribution in [0, 0.1) is 18.5 Å². The molecule has 1 aromatic heterocycles. The minimum atomic E-state index is 0.454. The van der Waals surface area contributed by atoms with E-state index in [1.54, 1.807) is 0 Å². The summed E-state index contributed by atoms with van der Waals surface area (Å²) in [5, 5.41) is 7.06. The molecule has 0 atom stereocenters. The van der Waals surface area contributed by atoms with Gasteiger partial charge in [-0.3, -0.25) is 5.10 Å². The maximum absolute atomic E-state index is 5.07. The van der Waals surface area contributed by atoms with Gasteiger partial charge in [-0.15, -0.1) is 0 Å². The molecule has 0 radical (unpaired) electrons. The maximum Gasteiger partial charge on any atom is 0.122 e. The number of nitrogens with one attached hydrogen (secondary N) is 1. The Balaban J connectivity index is 3.36. The largest absolute Gasteiger partial charge is 0.267 e. The van der Waals surface area contributed by atoms with Crippen LogP contribution in [0.15, 0.2) is 0 Å². The van der Waals surface area contributed by atoms with Crippen LogP contribution in [0.5, 0.6) is 0 Å². The molecule has 12 heavy (non-hydrogen) atoms. The summed E-state index contributed by atoms with van der Waals surface area (Å²) in [4.78, 5) is 0. The number of nitrogens with zero attached hydrogens (tertiary/aromatic N) is 1. The second kappa shape index (κ2) is 3.35. The van der Waals surface area contributed by atoms with Crippen LogP contribution in [-0.4, -0.2) is 10.2 Å². The lowest BCUT2D eigenvalue weighted by atomic mass is 10.0. The van der Waals surface area contributed by atoms with Gasteiger partial charge < -0.3 is 0 Å². The minimum Gasteiger partial charge on any atom is -0.267 e.